The van der Waals surface area contributed by atoms with E-state index in [0.29, 0.717) is 12.1 Å². The molecule has 0 aliphatic rings. The van der Waals surface area contributed by atoms with Crippen molar-refractivity contribution in [2.45, 2.75) is 26.3 Å². The molecule has 0 radical (unpaired) electrons. The van der Waals surface area contributed by atoms with Gasteiger partial charge in [0.25, 0.3) is 0 Å². The molecule has 1 heterocycles. The smallest absolute Gasteiger partial charge is 0.328 e. The number of fused-ring (bicyclic) bond motifs is 1. The van der Waals surface area contributed by atoms with Gasteiger partial charge in [-0.2, -0.15) is 0 Å². The van der Waals surface area contributed by atoms with E-state index in [0.717, 1.165) is 11.0 Å². The van der Waals surface area contributed by atoms with E-state index in [9.17, 15) is 9.59 Å². The number of ether oxygens (including phenoxy) is 1. The van der Waals surface area contributed by atoms with Gasteiger partial charge in [0.2, 0.25) is 5.91 Å². The summed E-state index contributed by atoms with van der Waals surface area (Å²) in [4.78, 5) is 32.4. The van der Waals surface area contributed by atoms with Gasteiger partial charge in [0.05, 0.1) is 30.0 Å². The van der Waals surface area contributed by atoms with Crippen molar-refractivity contribution in [3.05, 3.63) is 42.2 Å². The van der Waals surface area contributed by atoms with Crippen LogP contribution in [0.15, 0.2) is 36.5 Å². The van der Waals surface area contributed by atoms with Crippen molar-refractivity contribution in [2.24, 2.45) is 5.92 Å². The Labute approximate surface area is 140 Å². The molecule has 0 fully saturated rings. The van der Waals surface area contributed by atoms with Crippen LogP contribution in [0.25, 0.3) is 17.1 Å². The van der Waals surface area contributed by atoms with Gasteiger partial charge < -0.3 is 10.1 Å². The summed E-state index contributed by atoms with van der Waals surface area (Å²) in [6.07, 6.45) is 5.02. The third-order valence-corrected chi connectivity index (χ3v) is 3.38. The van der Waals surface area contributed by atoms with E-state index in [4.69, 9.17) is 4.74 Å². The number of hydrogen-bond acceptors (Lipinski definition) is 5. The summed E-state index contributed by atoms with van der Waals surface area (Å²) in [5.41, 5.74) is 2.12. The molecule has 0 saturated carbocycles. The molecule has 1 aromatic heterocycles. The van der Waals surface area contributed by atoms with Gasteiger partial charge in [-0.25, -0.2) is 9.78 Å². The van der Waals surface area contributed by atoms with Gasteiger partial charge in [0, 0.05) is 6.08 Å². The zero-order valence-electron chi connectivity index (χ0n) is 14.0. The number of amides is 1. The number of rotatable bonds is 6. The number of esters is 1. The van der Waals surface area contributed by atoms with Gasteiger partial charge in [-0.05, 0) is 30.5 Å². The highest BCUT2D eigenvalue weighted by Gasteiger charge is 2.21. The summed E-state index contributed by atoms with van der Waals surface area (Å²) >= 11 is 0. The molecule has 2 rings (SSSR count). The quantitative estimate of drug-likeness (QED) is 0.650. The van der Waals surface area contributed by atoms with Crippen molar-refractivity contribution in [3.8, 4) is 0 Å². The minimum absolute atomic E-state index is 0.254. The van der Waals surface area contributed by atoms with Gasteiger partial charge in [-0.1, -0.05) is 26.0 Å². The van der Waals surface area contributed by atoms with E-state index >= 15 is 0 Å². The Morgan fingerprint density at radius 3 is 2.62 bits per heavy atom. The fourth-order valence-electron chi connectivity index (χ4n) is 2.26. The van der Waals surface area contributed by atoms with Crippen molar-refractivity contribution in [1.29, 1.82) is 0 Å². The first-order valence-corrected chi connectivity index (χ1v) is 7.77. The summed E-state index contributed by atoms with van der Waals surface area (Å²) in [5, 5.41) is 2.66. The van der Waals surface area contributed by atoms with Crippen molar-refractivity contribution < 1.29 is 14.3 Å². The van der Waals surface area contributed by atoms with E-state index in [1.165, 1.54) is 13.2 Å². The third-order valence-electron chi connectivity index (χ3n) is 3.38. The molecule has 1 aromatic carbocycles. The van der Waals surface area contributed by atoms with E-state index in [1.54, 1.807) is 12.3 Å². The largest absolute Gasteiger partial charge is 0.467 e. The zero-order valence-corrected chi connectivity index (χ0v) is 14.0. The summed E-state index contributed by atoms with van der Waals surface area (Å²) < 4.78 is 4.73. The molecule has 0 aliphatic carbocycles. The van der Waals surface area contributed by atoms with Gasteiger partial charge in [0.1, 0.15) is 6.04 Å². The average molecular weight is 327 g/mol. The highest BCUT2D eigenvalue weighted by molar-refractivity contribution is 5.94. The van der Waals surface area contributed by atoms with Crippen LogP contribution < -0.4 is 5.32 Å². The van der Waals surface area contributed by atoms with Crippen LogP contribution in [0.4, 0.5) is 0 Å². The first kappa shape index (κ1) is 17.6. The number of carbonyl (C=O) groups is 2. The van der Waals surface area contributed by atoms with Crippen LogP contribution in [0.1, 0.15) is 26.0 Å². The van der Waals surface area contributed by atoms with E-state index in [1.807, 2.05) is 38.1 Å². The van der Waals surface area contributed by atoms with Crippen LogP contribution in [-0.2, 0) is 14.3 Å². The van der Waals surface area contributed by atoms with Crippen molar-refractivity contribution in [2.75, 3.05) is 7.11 Å². The first-order chi connectivity index (χ1) is 11.5. The lowest BCUT2D eigenvalue weighted by Gasteiger charge is -2.17. The second kappa shape index (κ2) is 8.19. The lowest BCUT2D eigenvalue weighted by molar-refractivity contribution is -0.145. The van der Waals surface area contributed by atoms with Crippen LogP contribution in [0.2, 0.25) is 0 Å². The number of methoxy groups -OCH3 is 1. The predicted octanol–water partition coefficient (Wildman–Crippen LogP) is 2.35. The van der Waals surface area contributed by atoms with Crippen LogP contribution in [-0.4, -0.2) is 35.0 Å². The molecular formula is C18H21N3O3. The maximum atomic E-state index is 12.0. The van der Waals surface area contributed by atoms with Crippen molar-refractivity contribution in [3.63, 3.8) is 0 Å². The van der Waals surface area contributed by atoms with Crippen LogP contribution in [0.5, 0.6) is 0 Å². The standard InChI is InChI=1S/C18H21N3O3/c1-12(2)10-16(18(23)24-3)21-17(22)9-8-13-11-19-14-6-4-5-7-15(14)20-13/h4-9,11-12,16H,10H2,1-3H3,(H,21,22)/b9-8+. The minimum Gasteiger partial charge on any atom is -0.467 e. The Bertz CT molecular complexity index is 756. The van der Waals surface area contributed by atoms with Gasteiger partial charge in [-0.3, -0.25) is 9.78 Å². The molecule has 126 valence electrons. The Hall–Kier alpha value is -2.76. The second-order valence-corrected chi connectivity index (χ2v) is 5.83. The zero-order chi connectivity index (χ0) is 17.5. The van der Waals surface area contributed by atoms with Crippen LogP contribution >= 0.6 is 0 Å². The number of benzene rings is 1. The molecule has 1 atom stereocenters. The summed E-state index contributed by atoms with van der Waals surface area (Å²) in [5.74, 6) is -0.568. The van der Waals surface area contributed by atoms with Gasteiger partial charge >= 0.3 is 5.97 Å². The minimum atomic E-state index is -0.658. The molecule has 0 spiro atoms. The number of hydrogen-bond donors (Lipinski definition) is 1. The molecule has 6 heteroatoms. The predicted molar refractivity (Wildman–Crippen MR) is 92.0 cm³/mol. The second-order valence-electron chi connectivity index (χ2n) is 5.83. The van der Waals surface area contributed by atoms with E-state index < -0.39 is 12.0 Å². The number of nitrogens with zero attached hydrogens (tertiary/aromatic N) is 2. The maximum absolute atomic E-state index is 12.0. The SMILES string of the molecule is COC(=O)C(CC(C)C)NC(=O)/C=C/c1cnc2ccccc2n1. The number of carbonyl (C=O) groups excluding carboxylic acids is 2. The van der Waals surface area contributed by atoms with Crippen molar-refractivity contribution in [1.82, 2.24) is 15.3 Å². The monoisotopic (exact) mass is 327 g/mol. The molecular weight excluding hydrogens is 306 g/mol. The molecule has 1 unspecified atom stereocenters. The highest BCUT2D eigenvalue weighted by atomic mass is 16.5. The van der Waals surface area contributed by atoms with Gasteiger partial charge in [0.15, 0.2) is 0 Å². The lowest BCUT2D eigenvalue weighted by atomic mass is 10.0. The fraction of sp³-hybridized carbons (Fsp3) is 0.333. The van der Waals surface area contributed by atoms with E-state index in [2.05, 4.69) is 15.3 Å². The molecule has 1 N–H and O–H groups in total. The highest BCUT2D eigenvalue weighted by Crippen LogP contribution is 2.09. The maximum Gasteiger partial charge on any atom is 0.328 e. The lowest BCUT2D eigenvalue weighted by Crippen LogP contribution is -2.41. The van der Waals surface area contributed by atoms with Crippen LogP contribution in [0.3, 0.4) is 0 Å². The van der Waals surface area contributed by atoms with Crippen molar-refractivity contribution >= 4 is 29.0 Å². The average Bonchev–Trinajstić information content (AvgIpc) is 2.58. The molecule has 6 nitrogen and oxygen atoms in total. The Morgan fingerprint density at radius 1 is 1.25 bits per heavy atom. The summed E-state index contributed by atoms with van der Waals surface area (Å²) in [7, 11) is 1.31. The molecule has 0 aliphatic heterocycles. The Kier molecular flexibility index (Phi) is 6.01. The molecule has 0 saturated heterocycles. The molecule has 2 aromatic rings. The summed E-state index contributed by atoms with van der Waals surface area (Å²) in [6, 6.07) is 6.84. The Morgan fingerprint density at radius 2 is 1.96 bits per heavy atom. The normalized spacial score (nSPS) is 12.5. The third kappa shape index (κ3) is 4.87. The molecule has 0 bridgehead atoms. The molecule has 24 heavy (non-hydrogen) atoms. The van der Waals surface area contributed by atoms with E-state index in [-0.39, 0.29) is 11.8 Å². The topological polar surface area (TPSA) is 81.2 Å². The Balaban J connectivity index is 2.05. The fourth-order valence-corrected chi connectivity index (χ4v) is 2.26. The first-order valence-electron chi connectivity index (χ1n) is 7.77. The number of aromatic nitrogens is 2. The number of nitrogens with one attached hydrogen (secondary N) is 1. The molecule has 1 amide bonds. The number of para-hydroxylation sites is 2. The van der Waals surface area contributed by atoms with Crippen LogP contribution in [0, 0.1) is 5.92 Å². The van der Waals surface area contributed by atoms with Gasteiger partial charge in [-0.15, -0.1) is 0 Å². The summed E-state index contributed by atoms with van der Waals surface area (Å²) in [6.45, 7) is 3.95.